The van der Waals surface area contributed by atoms with Crippen molar-refractivity contribution in [3.8, 4) is 0 Å². The van der Waals surface area contributed by atoms with Crippen molar-refractivity contribution in [3.63, 3.8) is 0 Å². The SMILES string of the molecule is CC(=O)O.CCCCC(CC)CC(C)(CC)N(C)C. The molecule has 1 N–H and O–H groups in total. The van der Waals surface area contributed by atoms with Gasteiger partial charge in [-0.25, -0.2) is 0 Å². The third kappa shape index (κ3) is 11.0. The van der Waals surface area contributed by atoms with Crippen molar-refractivity contribution in [2.75, 3.05) is 14.1 Å². The lowest BCUT2D eigenvalue weighted by Gasteiger charge is -2.38. The number of unbranched alkanes of at least 4 members (excludes halogenated alkanes) is 1. The van der Waals surface area contributed by atoms with Gasteiger partial charge in [0.2, 0.25) is 0 Å². The van der Waals surface area contributed by atoms with Gasteiger partial charge in [-0.15, -0.1) is 0 Å². The Hall–Kier alpha value is -0.570. The Morgan fingerprint density at radius 1 is 1.26 bits per heavy atom. The van der Waals surface area contributed by atoms with Gasteiger partial charge in [-0.2, -0.15) is 0 Å². The van der Waals surface area contributed by atoms with Crippen LogP contribution in [0.2, 0.25) is 0 Å². The van der Waals surface area contributed by atoms with Gasteiger partial charge >= 0.3 is 0 Å². The minimum absolute atomic E-state index is 0.397. The second-order valence-corrected chi connectivity index (χ2v) is 5.88. The molecule has 0 aliphatic rings. The van der Waals surface area contributed by atoms with Crippen LogP contribution in [0.3, 0.4) is 0 Å². The number of aliphatic carboxylic acids is 1. The second kappa shape index (κ2) is 11.3. The molecule has 2 atom stereocenters. The molecule has 3 nitrogen and oxygen atoms in total. The second-order valence-electron chi connectivity index (χ2n) is 5.88. The van der Waals surface area contributed by atoms with E-state index < -0.39 is 5.97 Å². The fourth-order valence-corrected chi connectivity index (χ4v) is 2.21. The van der Waals surface area contributed by atoms with Crippen molar-refractivity contribution in [1.82, 2.24) is 4.90 Å². The Bertz CT molecular complexity index is 225. The monoisotopic (exact) mass is 273 g/mol. The van der Waals surface area contributed by atoms with E-state index in [2.05, 4.69) is 46.7 Å². The average molecular weight is 273 g/mol. The van der Waals surface area contributed by atoms with Gasteiger partial charge in [0, 0.05) is 12.5 Å². The first-order valence-electron chi connectivity index (χ1n) is 7.60. The van der Waals surface area contributed by atoms with Crippen molar-refractivity contribution in [2.24, 2.45) is 5.92 Å². The van der Waals surface area contributed by atoms with Crippen LogP contribution in [0.4, 0.5) is 0 Å². The lowest BCUT2D eigenvalue weighted by atomic mass is 9.82. The average Bonchev–Trinajstić information content (AvgIpc) is 2.33. The van der Waals surface area contributed by atoms with E-state index in [0.29, 0.717) is 5.54 Å². The zero-order valence-corrected chi connectivity index (χ0v) is 14.1. The zero-order valence-electron chi connectivity index (χ0n) is 14.1. The molecule has 0 saturated heterocycles. The highest BCUT2D eigenvalue weighted by molar-refractivity contribution is 5.62. The van der Waals surface area contributed by atoms with Crippen LogP contribution >= 0.6 is 0 Å². The molecular weight excluding hydrogens is 238 g/mol. The molecule has 116 valence electrons. The Morgan fingerprint density at radius 3 is 2.00 bits per heavy atom. The summed E-state index contributed by atoms with van der Waals surface area (Å²) in [5, 5.41) is 7.42. The summed E-state index contributed by atoms with van der Waals surface area (Å²) in [7, 11) is 4.44. The molecule has 0 aromatic rings. The van der Waals surface area contributed by atoms with Crippen LogP contribution in [-0.4, -0.2) is 35.6 Å². The summed E-state index contributed by atoms with van der Waals surface area (Å²) in [5.41, 5.74) is 0.397. The minimum atomic E-state index is -0.833. The standard InChI is InChI=1S/C14H31N.C2H4O2/c1-7-10-11-13(8-2)12-14(4,9-3)15(5)6;1-2(3)4/h13H,7-12H2,1-6H3;1H3,(H,3,4). The largest absolute Gasteiger partial charge is 0.481 e. The number of hydrogen-bond acceptors (Lipinski definition) is 2. The Kier molecular flexibility index (Phi) is 12.3. The maximum atomic E-state index is 9.00. The molecule has 0 aromatic carbocycles. The zero-order chi connectivity index (χ0) is 15.5. The van der Waals surface area contributed by atoms with Crippen molar-refractivity contribution < 1.29 is 9.90 Å². The summed E-state index contributed by atoms with van der Waals surface area (Å²) in [4.78, 5) is 11.4. The Labute approximate surface area is 120 Å². The van der Waals surface area contributed by atoms with Gasteiger partial charge in [0.25, 0.3) is 5.97 Å². The summed E-state index contributed by atoms with van der Waals surface area (Å²) in [6, 6.07) is 0. The maximum absolute atomic E-state index is 9.00. The van der Waals surface area contributed by atoms with Gasteiger partial charge in [-0.1, -0.05) is 46.5 Å². The lowest BCUT2D eigenvalue weighted by molar-refractivity contribution is -0.134. The molecule has 0 fully saturated rings. The van der Waals surface area contributed by atoms with Crippen LogP contribution in [0.1, 0.15) is 73.1 Å². The summed E-state index contributed by atoms with van der Waals surface area (Å²) < 4.78 is 0. The Morgan fingerprint density at radius 2 is 1.74 bits per heavy atom. The third-order valence-corrected chi connectivity index (χ3v) is 4.11. The van der Waals surface area contributed by atoms with E-state index in [4.69, 9.17) is 9.90 Å². The first-order valence-corrected chi connectivity index (χ1v) is 7.60. The molecule has 0 saturated carbocycles. The van der Waals surface area contributed by atoms with Crippen LogP contribution in [0.15, 0.2) is 0 Å². The smallest absolute Gasteiger partial charge is 0.300 e. The molecule has 0 bridgehead atoms. The van der Waals surface area contributed by atoms with Crippen LogP contribution in [0.25, 0.3) is 0 Å². The Balaban J connectivity index is 0. The van der Waals surface area contributed by atoms with Crippen LogP contribution in [0.5, 0.6) is 0 Å². The summed E-state index contributed by atoms with van der Waals surface area (Å²) in [6.45, 7) is 10.4. The molecule has 0 aromatic heterocycles. The van der Waals surface area contributed by atoms with E-state index in [-0.39, 0.29) is 0 Å². The lowest BCUT2D eigenvalue weighted by Crippen LogP contribution is -2.42. The molecule has 0 rings (SSSR count). The van der Waals surface area contributed by atoms with Crippen LogP contribution in [0, 0.1) is 5.92 Å². The van der Waals surface area contributed by atoms with E-state index >= 15 is 0 Å². The predicted molar refractivity (Wildman–Crippen MR) is 83.6 cm³/mol. The molecule has 0 radical (unpaired) electrons. The minimum Gasteiger partial charge on any atom is -0.481 e. The molecule has 2 unspecified atom stereocenters. The van der Waals surface area contributed by atoms with Gasteiger partial charge in [0.05, 0.1) is 0 Å². The van der Waals surface area contributed by atoms with E-state index in [1.165, 1.54) is 38.5 Å². The first-order chi connectivity index (χ1) is 8.73. The molecule has 3 heteroatoms. The molecular formula is C16H35NO2. The number of carboxylic acids is 1. The molecule has 0 heterocycles. The number of nitrogens with zero attached hydrogens (tertiary/aromatic N) is 1. The summed E-state index contributed by atoms with van der Waals surface area (Å²) >= 11 is 0. The summed E-state index contributed by atoms with van der Waals surface area (Å²) in [6.07, 6.45) is 8.09. The highest BCUT2D eigenvalue weighted by Gasteiger charge is 2.27. The van der Waals surface area contributed by atoms with Crippen LogP contribution < -0.4 is 0 Å². The molecule has 0 amide bonds. The topological polar surface area (TPSA) is 40.5 Å². The van der Waals surface area contributed by atoms with Gasteiger partial charge < -0.3 is 10.0 Å². The number of rotatable bonds is 8. The van der Waals surface area contributed by atoms with E-state index in [1.54, 1.807) is 0 Å². The summed E-state index contributed by atoms with van der Waals surface area (Å²) in [5.74, 6) is 0.0808. The van der Waals surface area contributed by atoms with Gasteiger partial charge in [0.1, 0.15) is 0 Å². The maximum Gasteiger partial charge on any atom is 0.300 e. The van der Waals surface area contributed by atoms with Crippen molar-refractivity contribution in [1.29, 1.82) is 0 Å². The molecule has 0 aliphatic carbocycles. The van der Waals surface area contributed by atoms with Crippen LogP contribution in [-0.2, 0) is 4.79 Å². The quantitative estimate of drug-likeness (QED) is 0.712. The third-order valence-electron chi connectivity index (χ3n) is 4.11. The van der Waals surface area contributed by atoms with Gasteiger partial charge in [0.15, 0.2) is 0 Å². The van der Waals surface area contributed by atoms with Crippen molar-refractivity contribution >= 4 is 5.97 Å². The first kappa shape index (κ1) is 20.7. The number of carbonyl (C=O) groups is 1. The normalized spacial score (nSPS) is 15.4. The number of carboxylic acid groups (broad SMARTS) is 1. The van der Waals surface area contributed by atoms with E-state index in [9.17, 15) is 0 Å². The molecule has 19 heavy (non-hydrogen) atoms. The highest BCUT2D eigenvalue weighted by Crippen LogP contribution is 2.29. The predicted octanol–water partition coefficient (Wildman–Crippen LogP) is 4.41. The molecule has 0 spiro atoms. The van der Waals surface area contributed by atoms with E-state index in [1.807, 2.05) is 0 Å². The highest BCUT2D eigenvalue weighted by atomic mass is 16.4. The fourth-order valence-electron chi connectivity index (χ4n) is 2.21. The number of hydrogen-bond donors (Lipinski definition) is 1. The van der Waals surface area contributed by atoms with Crippen molar-refractivity contribution in [3.05, 3.63) is 0 Å². The van der Waals surface area contributed by atoms with Gasteiger partial charge in [-0.05, 0) is 39.8 Å². The van der Waals surface area contributed by atoms with E-state index in [0.717, 1.165) is 12.8 Å². The fraction of sp³-hybridized carbons (Fsp3) is 0.938. The van der Waals surface area contributed by atoms with Crippen molar-refractivity contribution in [2.45, 2.75) is 78.7 Å². The van der Waals surface area contributed by atoms with Gasteiger partial charge in [-0.3, -0.25) is 4.79 Å². The molecule has 0 aliphatic heterocycles.